The Bertz CT molecular complexity index is 1030. The van der Waals surface area contributed by atoms with Crippen molar-refractivity contribution in [1.29, 1.82) is 0 Å². The third-order valence-electron chi connectivity index (χ3n) is 4.54. The molecular weight excluding hydrogens is 354 g/mol. The van der Waals surface area contributed by atoms with Gasteiger partial charge in [0.1, 0.15) is 5.69 Å². The highest BCUT2D eigenvalue weighted by Crippen LogP contribution is 2.35. The average molecular weight is 374 g/mol. The standard InChI is InChI=1S/C18H19N3O2S2/c1-12-9-16(20-19-12)17-10-18(13(2)24-17)25(22,23)21-8-7-14-5-3-4-6-15(14)11-21/h3-6,9-10H,7-8,11H2,1-2H3,(H,19,20). The van der Waals surface area contributed by atoms with Crippen molar-refractivity contribution in [2.45, 2.75) is 31.7 Å². The van der Waals surface area contributed by atoms with Crippen LogP contribution in [0.5, 0.6) is 0 Å². The molecule has 7 heteroatoms. The minimum absolute atomic E-state index is 0.396. The van der Waals surface area contributed by atoms with E-state index in [1.165, 1.54) is 16.9 Å². The molecule has 0 saturated heterocycles. The lowest BCUT2D eigenvalue weighted by atomic mass is 10.0. The molecule has 3 heterocycles. The number of H-pyrrole nitrogens is 1. The Hall–Kier alpha value is -1.96. The zero-order valence-corrected chi connectivity index (χ0v) is 15.7. The van der Waals surface area contributed by atoms with E-state index in [9.17, 15) is 8.42 Å². The SMILES string of the molecule is Cc1cc(-c2cc(S(=O)(=O)N3CCc4ccccc4C3)c(C)s2)n[nH]1. The Labute approximate surface area is 151 Å². The first-order chi connectivity index (χ1) is 11.9. The van der Waals surface area contributed by atoms with Crippen LogP contribution in [0.3, 0.4) is 0 Å². The van der Waals surface area contributed by atoms with Crippen LogP contribution < -0.4 is 0 Å². The first kappa shape index (κ1) is 16.5. The summed E-state index contributed by atoms with van der Waals surface area (Å²) < 4.78 is 27.9. The van der Waals surface area contributed by atoms with Gasteiger partial charge in [0.25, 0.3) is 0 Å². The number of benzene rings is 1. The molecule has 0 aliphatic carbocycles. The van der Waals surface area contributed by atoms with Crippen LogP contribution in [-0.4, -0.2) is 29.5 Å². The fourth-order valence-electron chi connectivity index (χ4n) is 3.21. The van der Waals surface area contributed by atoms with Gasteiger partial charge >= 0.3 is 0 Å². The maximum atomic E-state index is 13.2. The number of hydrogen-bond donors (Lipinski definition) is 1. The smallest absolute Gasteiger partial charge is 0.244 e. The number of fused-ring (bicyclic) bond motifs is 1. The van der Waals surface area contributed by atoms with Gasteiger partial charge in [0.2, 0.25) is 10.0 Å². The zero-order valence-electron chi connectivity index (χ0n) is 14.1. The summed E-state index contributed by atoms with van der Waals surface area (Å²) in [6.45, 7) is 4.74. The quantitative estimate of drug-likeness (QED) is 0.764. The van der Waals surface area contributed by atoms with Crippen LogP contribution in [0.2, 0.25) is 0 Å². The first-order valence-electron chi connectivity index (χ1n) is 8.15. The molecule has 0 atom stereocenters. The topological polar surface area (TPSA) is 66.1 Å². The molecule has 0 amide bonds. The van der Waals surface area contributed by atoms with E-state index in [-0.39, 0.29) is 0 Å². The number of sulfonamides is 1. The van der Waals surface area contributed by atoms with Crippen molar-refractivity contribution in [2.24, 2.45) is 0 Å². The summed E-state index contributed by atoms with van der Waals surface area (Å²) in [4.78, 5) is 2.07. The maximum Gasteiger partial charge on any atom is 0.244 e. The van der Waals surface area contributed by atoms with Gasteiger partial charge in [-0.2, -0.15) is 9.40 Å². The fourth-order valence-corrected chi connectivity index (χ4v) is 6.15. The van der Waals surface area contributed by atoms with E-state index in [1.807, 2.05) is 38.1 Å². The second-order valence-electron chi connectivity index (χ2n) is 6.32. The summed E-state index contributed by atoms with van der Waals surface area (Å²) >= 11 is 1.47. The molecule has 4 rings (SSSR count). The van der Waals surface area contributed by atoms with Crippen LogP contribution >= 0.6 is 11.3 Å². The molecule has 25 heavy (non-hydrogen) atoms. The van der Waals surface area contributed by atoms with Gasteiger partial charge in [-0.3, -0.25) is 5.10 Å². The van der Waals surface area contributed by atoms with Crippen molar-refractivity contribution in [3.8, 4) is 10.6 Å². The van der Waals surface area contributed by atoms with Gasteiger partial charge in [-0.15, -0.1) is 11.3 Å². The van der Waals surface area contributed by atoms with Crippen LogP contribution in [0, 0.1) is 13.8 Å². The van der Waals surface area contributed by atoms with Gasteiger partial charge in [-0.05, 0) is 43.5 Å². The second kappa shape index (κ2) is 6.09. The van der Waals surface area contributed by atoms with Gasteiger partial charge < -0.3 is 0 Å². The maximum absolute atomic E-state index is 13.2. The normalized spacial score (nSPS) is 15.3. The van der Waals surface area contributed by atoms with Gasteiger partial charge in [0.15, 0.2) is 0 Å². The van der Waals surface area contributed by atoms with Crippen molar-refractivity contribution >= 4 is 21.4 Å². The summed E-state index contributed by atoms with van der Waals surface area (Å²) in [5.41, 5.74) is 4.08. The lowest BCUT2D eigenvalue weighted by Crippen LogP contribution is -2.36. The summed E-state index contributed by atoms with van der Waals surface area (Å²) in [6, 6.07) is 11.7. The van der Waals surface area contributed by atoms with Crippen LogP contribution in [-0.2, 0) is 23.0 Å². The lowest BCUT2D eigenvalue weighted by molar-refractivity contribution is 0.391. The van der Waals surface area contributed by atoms with Gasteiger partial charge in [-0.25, -0.2) is 8.42 Å². The van der Waals surface area contributed by atoms with Gasteiger partial charge in [0.05, 0.1) is 9.77 Å². The molecular formula is C18H19N3O2S2. The number of rotatable bonds is 3. The number of aromatic nitrogens is 2. The molecule has 1 aliphatic rings. The Balaban J connectivity index is 1.68. The molecule has 5 nitrogen and oxygen atoms in total. The highest BCUT2D eigenvalue weighted by Gasteiger charge is 2.30. The van der Waals surface area contributed by atoms with E-state index in [2.05, 4.69) is 16.3 Å². The van der Waals surface area contributed by atoms with Crippen LogP contribution in [0.1, 0.15) is 21.7 Å². The molecule has 2 aromatic heterocycles. The van der Waals surface area contributed by atoms with E-state index < -0.39 is 10.0 Å². The van der Waals surface area contributed by atoms with Gasteiger partial charge in [-0.1, -0.05) is 24.3 Å². The summed E-state index contributed by atoms with van der Waals surface area (Å²) in [5, 5.41) is 7.15. The van der Waals surface area contributed by atoms with E-state index >= 15 is 0 Å². The van der Waals surface area contributed by atoms with Gasteiger partial charge in [0, 0.05) is 23.7 Å². The van der Waals surface area contributed by atoms with E-state index in [1.54, 1.807) is 10.4 Å². The minimum Gasteiger partial charge on any atom is -0.282 e. The van der Waals surface area contributed by atoms with Crippen LogP contribution in [0.15, 0.2) is 41.3 Å². The van der Waals surface area contributed by atoms with E-state index in [0.717, 1.165) is 33.1 Å². The Morgan fingerprint density at radius 1 is 1.16 bits per heavy atom. The second-order valence-corrected chi connectivity index (χ2v) is 9.49. The molecule has 0 bridgehead atoms. The number of nitrogens with zero attached hydrogens (tertiary/aromatic N) is 2. The Morgan fingerprint density at radius 3 is 2.64 bits per heavy atom. The molecule has 130 valence electrons. The first-order valence-corrected chi connectivity index (χ1v) is 10.4. The molecule has 0 unspecified atom stereocenters. The van der Waals surface area contributed by atoms with E-state index in [4.69, 9.17) is 0 Å². The summed E-state index contributed by atoms with van der Waals surface area (Å²) in [7, 11) is -3.51. The van der Waals surface area contributed by atoms with Crippen LogP contribution in [0.25, 0.3) is 10.6 Å². The zero-order chi connectivity index (χ0) is 17.6. The number of hydrogen-bond acceptors (Lipinski definition) is 4. The fraction of sp³-hybridized carbons (Fsp3) is 0.278. The predicted molar refractivity (Wildman–Crippen MR) is 99.1 cm³/mol. The number of thiophene rings is 1. The van der Waals surface area contributed by atoms with Crippen molar-refractivity contribution in [2.75, 3.05) is 6.54 Å². The van der Waals surface area contributed by atoms with Crippen molar-refractivity contribution in [1.82, 2.24) is 14.5 Å². The Morgan fingerprint density at radius 2 is 1.92 bits per heavy atom. The highest BCUT2D eigenvalue weighted by molar-refractivity contribution is 7.89. The monoisotopic (exact) mass is 373 g/mol. The van der Waals surface area contributed by atoms with Crippen molar-refractivity contribution < 1.29 is 8.42 Å². The van der Waals surface area contributed by atoms with E-state index in [0.29, 0.717) is 18.0 Å². The molecule has 0 fully saturated rings. The number of aromatic amines is 1. The third-order valence-corrected chi connectivity index (χ3v) is 7.72. The number of nitrogens with one attached hydrogen (secondary N) is 1. The van der Waals surface area contributed by atoms with Crippen molar-refractivity contribution in [3.63, 3.8) is 0 Å². The molecule has 1 aromatic carbocycles. The molecule has 0 spiro atoms. The Kier molecular flexibility index (Phi) is 4.02. The average Bonchev–Trinajstić information content (AvgIpc) is 3.20. The molecule has 0 radical (unpaired) electrons. The third kappa shape index (κ3) is 2.92. The minimum atomic E-state index is -3.51. The lowest BCUT2D eigenvalue weighted by Gasteiger charge is -2.28. The van der Waals surface area contributed by atoms with Crippen molar-refractivity contribution in [3.05, 3.63) is 58.1 Å². The largest absolute Gasteiger partial charge is 0.282 e. The molecule has 1 N–H and O–H groups in total. The summed E-state index contributed by atoms with van der Waals surface area (Å²) in [6.07, 6.45) is 0.754. The number of aryl methyl sites for hydroxylation is 2. The molecule has 3 aromatic rings. The van der Waals surface area contributed by atoms with Crippen LogP contribution in [0.4, 0.5) is 0 Å². The molecule has 1 aliphatic heterocycles. The summed E-state index contributed by atoms with van der Waals surface area (Å²) in [5.74, 6) is 0. The molecule has 0 saturated carbocycles. The highest BCUT2D eigenvalue weighted by atomic mass is 32.2. The predicted octanol–water partition coefficient (Wildman–Crippen LogP) is 3.50.